The SMILES string of the molecule is CCOC(=O)c1c(NC(=O)C(C)Sc2cccc(NC(=O)c3cccc(C)c3)c2)sc2c1CCC(c1ccccc1)C2. The Morgan fingerprint density at radius 2 is 1.79 bits per heavy atom. The van der Waals surface area contributed by atoms with Gasteiger partial charge in [-0.05, 0) is 87.4 Å². The van der Waals surface area contributed by atoms with Gasteiger partial charge >= 0.3 is 5.97 Å². The van der Waals surface area contributed by atoms with Crippen LogP contribution in [0, 0.1) is 6.92 Å². The van der Waals surface area contributed by atoms with Crippen LogP contribution in [-0.4, -0.2) is 29.6 Å². The van der Waals surface area contributed by atoms with Crippen molar-refractivity contribution in [3.8, 4) is 0 Å². The monoisotopic (exact) mass is 598 g/mol. The fraction of sp³-hybridized carbons (Fsp3) is 0.265. The molecule has 6 nitrogen and oxygen atoms in total. The molecule has 2 unspecified atom stereocenters. The second-order valence-corrected chi connectivity index (χ2v) is 12.9. The van der Waals surface area contributed by atoms with E-state index >= 15 is 0 Å². The maximum Gasteiger partial charge on any atom is 0.341 e. The van der Waals surface area contributed by atoms with E-state index in [2.05, 4.69) is 34.9 Å². The van der Waals surface area contributed by atoms with E-state index in [1.165, 1.54) is 28.7 Å². The number of fused-ring (bicyclic) bond motifs is 1. The summed E-state index contributed by atoms with van der Waals surface area (Å²) >= 11 is 2.88. The highest BCUT2D eigenvalue weighted by Crippen LogP contribution is 2.43. The fourth-order valence-corrected chi connectivity index (χ4v) is 7.46. The van der Waals surface area contributed by atoms with Crippen molar-refractivity contribution in [2.24, 2.45) is 0 Å². The lowest BCUT2D eigenvalue weighted by molar-refractivity contribution is -0.115. The first-order valence-electron chi connectivity index (χ1n) is 14.1. The first kappa shape index (κ1) is 29.6. The highest BCUT2D eigenvalue weighted by Gasteiger charge is 2.31. The van der Waals surface area contributed by atoms with Crippen LogP contribution in [0.25, 0.3) is 0 Å². The van der Waals surface area contributed by atoms with Crippen molar-refractivity contribution < 1.29 is 19.1 Å². The Labute approximate surface area is 254 Å². The Bertz CT molecular complexity index is 1600. The van der Waals surface area contributed by atoms with Gasteiger partial charge in [0.15, 0.2) is 0 Å². The third-order valence-electron chi connectivity index (χ3n) is 7.31. The van der Waals surface area contributed by atoms with Crippen LogP contribution in [-0.2, 0) is 22.4 Å². The molecule has 1 aliphatic carbocycles. The molecular formula is C34H34N2O4S2. The summed E-state index contributed by atoms with van der Waals surface area (Å²) in [6.07, 6.45) is 2.54. The lowest BCUT2D eigenvalue weighted by Crippen LogP contribution is -2.23. The highest BCUT2D eigenvalue weighted by molar-refractivity contribution is 8.00. The number of benzene rings is 3. The molecule has 1 aromatic heterocycles. The molecule has 2 N–H and O–H groups in total. The van der Waals surface area contributed by atoms with Gasteiger partial charge in [0.1, 0.15) is 5.00 Å². The molecule has 4 aromatic rings. The number of thiophene rings is 1. The number of anilines is 2. The van der Waals surface area contributed by atoms with Crippen LogP contribution in [0.3, 0.4) is 0 Å². The number of hydrogen-bond donors (Lipinski definition) is 2. The largest absolute Gasteiger partial charge is 0.462 e. The average molecular weight is 599 g/mol. The highest BCUT2D eigenvalue weighted by atomic mass is 32.2. The minimum atomic E-state index is -0.445. The van der Waals surface area contributed by atoms with Gasteiger partial charge < -0.3 is 15.4 Å². The van der Waals surface area contributed by atoms with Gasteiger partial charge in [-0.25, -0.2) is 4.79 Å². The fourth-order valence-electron chi connectivity index (χ4n) is 5.21. The molecule has 0 saturated heterocycles. The number of esters is 1. The molecule has 0 radical (unpaired) electrons. The van der Waals surface area contributed by atoms with E-state index in [9.17, 15) is 14.4 Å². The van der Waals surface area contributed by atoms with Gasteiger partial charge in [-0.3, -0.25) is 9.59 Å². The number of amides is 2. The Hall–Kier alpha value is -3.88. The van der Waals surface area contributed by atoms with E-state index in [0.29, 0.717) is 27.7 Å². The molecule has 1 aliphatic rings. The zero-order chi connectivity index (χ0) is 29.6. The van der Waals surface area contributed by atoms with Gasteiger partial charge in [-0.15, -0.1) is 23.1 Å². The predicted octanol–water partition coefficient (Wildman–Crippen LogP) is 7.88. The Morgan fingerprint density at radius 1 is 1.00 bits per heavy atom. The Morgan fingerprint density at radius 3 is 2.55 bits per heavy atom. The molecule has 2 atom stereocenters. The second-order valence-electron chi connectivity index (χ2n) is 10.4. The third kappa shape index (κ3) is 6.94. The topological polar surface area (TPSA) is 84.5 Å². The van der Waals surface area contributed by atoms with Crippen molar-refractivity contribution >= 4 is 51.6 Å². The van der Waals surface area contributed by atoms with Gasteiger partial charge in [-0.2, -0.15) is 0 Å². The van der Waals surface area contributed by atoms with E-state index in [4.69, 9.17) is 4.74 Å². The molecule has 0 spiro atoms. The molecule has 1 heterocycles. The molecule has 3 aromatic carbocycles. The number of aryl methyl sites for hydroxylation is 1. The van der Waals surface area contributed by atoms with Crippen LogP contribution in [0.5, 0.6) is 0 Å². The molecule has 42 heavy (non-hydrogen) atoms. The molecular weight excluding hydrogens is 565 g/mol. The van der Waals surface area contributed by atoms with Crippen LogP contribution in [0.15, 0.2) is 83.8 Å². The van der Waals surface area contributed by atoms with Crippen LogP contribution in [0.4, 0.5) is 10.7 Å². The van der Waals surface area contributed by atoms with Crippen LogP contribution in [0.1, 0.15) is 68.5 Å². The van der Waals surface area contributed by atoms with Gasteiger partial charge in [0, 0.05) is 21.0 Å². The molecule has 2 amide bonds. The van der Waals surface area contributed by atoms with Crippen molar-refractivity contribution in [2.45, 2.75) is 56.1 Å². The van der Waals surface area contributed by atoms with Crippen molar-refractivity contribution in [1.29, 1.82) is 0 Å². The Kier molecular flexibility index (Phi) is 9.45. The molecule has 8 heteroatoms. The van der Waals surface area contributed by atoms with Gasteiger partial charge in [0.2, 0.25) is 5.91 Å². The summed E-state index contributed by atoms with van der Waals surface area (Å²) in [5.74, 6) is -0.391. The predicted molar refractivity (Wildman–Crippen MR) is 171 cm³/mol. The Balaban J connectivity index is 1.29. The molecule has 0 aliphatic heterocycles. The molecule has 0 bridgehead atoms. The second kappa shape index (κ2) is 13.4. The number of hydrogen-bond acceptors (Lipinski definition) is 6. The smallest absolute Gasteiger partial charge is 0.341 e. The summed E-state index contributed by atoms with van der Waals surface area (Å²) in [7, 11) is 0. The van der Waals surface area contributed by atoms with E-state index < -0.39 is 5.25 Å². The van der Waals surface area contributed by atoms with Crippen molar-refractivity contribution in [3.63, 3.8) is 0 Å². The molecule has 5 rings (SSSR count). The number of nitrogens with one attached hydrogen (secondary N) is 2. The van der Waals surface area contributed by atoms with Crippen LogP contribution < -0.4 is 10.6 Å². The summed E-state index contributed by atoms with van der Waals surface area (Å²) in [4.78, 5) is 41.1. The quantitative estimate of drug-likeness (QED) is 0.151. The lowest BCUT2D eigenvalue weighted by Gasteiger charge is -2.23. The lowest BCUT2D eigenvalue weighted by atomic mass is 9.83. The van der Waals surface area contributed by atoms with Crippen molar-refractivity contribution in [1.82, 2.24) is 0 Å². The maximum atomic E-state index is 13.4. The number of ether oxygens (including phenoxy) is 1. The van der Waals surface area contributed by atoms with E-state index in [1.807, 2.05) is 62.4 Å². The number of thioether (sulfide) groups is 1. The summed E-state index contributed by atoms with van der Waals surface area (Å²) in [6.45, 7) is 5.84. The molecule has 0 fully saturated rings. The minimum absolute atomic E-state index is 0.186. The third-order valence-corrected chi connectivity index (χ3v) is 9.57. The molecule has 216 valence electrons. The first-order valence-corrected chi connectivity index (χ1v) is 15.8. The average Bonchev–Trinajstić information content (AvgIpc) is 3.35. The summed E-state index contributed by atoms with van der Waals surface area (Å²) in [5.41, 5.74) is 5.05. The zero-order valence-electron chi connectivity index (χ0n) is 23.9. The van der Waals surface area contributed by atoms with Crippen LogP contribution >= 0.6 is 23.1 Å². The number of carbonyl (C=O) groups is 3. The van der Waals surface area contributed by atoms with Crippen molar-refractivity contribution in [2.75, 3.05) is 17.2 Å². The van der Waals surface area contributed by atoms with E-state index in [-0.39, 0.29) is 24.4 Å². The summed E-state index contributed by atoms with van der Waals surface area (Å²) in [6, 6.07) is 25.3. The summed E-state index contributed by atoms with van der Waals surface area (Å²) in [5, 5.41) is 6.10. The zero-order valence-corrected chi connectivity index (χ0v) is 25.6. The molecule has 0 saturated carbocycles. The van der Waals surface area contributed by atoms with E-state index in [0.717, 1.165) is 40.2 Å². The van der Waals surface area contributed by atoms with Crippen molar-refractivity contribution in [3.05, 3.63) is 112 Å². The normalized spacial score (nSPS) is 14.9. The van der Waals surface area contributed by atoms with Gasteiger partial charge in [-0.1, -0.05) is 54.1 Å². The van der Waals surface area contributed by atoms with Gasteiger partial charge in [0.25, 0.3) is 5.91 Å². The summed E-state index contributed by atoms with van der Waals surface area (Å²) < 4.78 is 5.40. The van der Waals surface area contributed by atoms with E-state index in [1.54, 1.807) is 13.0 Å². The standard InChI is InChI=1S/C34H34N2O4S2/c1-4-40-34(39)30-28-17-16-24(23-11-6-5-7-12-23)19-29(28)42-33(30)36-31(37)22(3)41-27-15-9-14-26(20-27)35-32(38)25-13-8-10-21(2)18-25/h5-15,18,20,22,24H,4,16-17,19H2,1-3H3,(H,35,38)(H,36,37). The minimum Gasteiger partial charge on any atom is -0.462 e. The maximum absolute atomic E-state index is 13.4. The van der Waals surface area contributed by atoms with Gasteiger partial charge in [0.05, 0.1) is 17.4 Å². The first-order chi connectivity index (χ1) is 20.3. The number of rotatable bonds is 9. The van der Waals surface area contributed by atoms with Crippen LogP contribution in [0.2, 0.25) is 0 Å². The number of carbonyl (C=O) groups excluding carboxylic acids is 3.